The second-order valence-electron chi connectivity index (χ2n) is 7.24. The highest BCUT2D eigenvalue weighted by atomic mass is 32.1. The van der Waals surface area contributed by atoms with Crippen LogP contribution in [0.15, 0.2) is 42.5 Å². The molecule has 1 aromatic heterocycles. The molecule has 8 heteroatoms. The van der Waals surface area contributed by atoms with Crippen LogP contribution < -0.4 is 19.1 Å². The van der Waals surface area contributed by atoms with Crippen LogP contribution >= 0.6 is 11.3 Å². The summed E-state index contributed by atoms with van der Waals surface area (Å²) < 4.78 is 18.3. The molecule has 5 rings (SSSR count). The van der Waals surface area contributed by atoms with Gasteiger partial charge in [-0.15, -0.1) is 0 Å². The molecule has 1 atom stereocenters. The largest absolute Gasteiger partial charge is 0.494 e. The van der Waals surface area contributed by atoms with E-state index in [4.69, 9.17) is 19.2 Å². The zero-order valence-corrected chi connectivity index (χ0v) is 17.6. The Bertz CT molecular complexity index is 1060. The fourth-order valence-corrected chi connectivity index (χ4v) is 4.79. The van der Waals surface area contributed by atoms with Crippen molar-refractivity contribution in [2.75, 3.05) is 44.3 Å². The van der Waals surface area contributed by atoms with Gasteiger partial charge in [0.25, 0.3) is 5.91 Å². The van der Waals surface area contributed by atoms with Crippen molar-refractivity contribution < 1.29 is 19.0 Å². The number of benzene rings is 2. The van der Waals surface area contributed by atoms with Gasteiger partial charge >= 0.3 is 0 Å². The fourth-order valence-electron chi connectivity index (χ4n) is 3.75. The first-order chi connectivity index (χ1) is 14.7. The number of fused-ring (bicyclic) bond motifs is 2. The van der Waals surface area contributed by atoms with Crippen molar-refractivity contribution in [2.24, 2.45) is 0 Å². The third kappa shape index (κ3) is 3.63. The summed E-state index contributed by atoms with van der Waals surface area (Å²) in [5.74, 6) is 2.16. The Kier molecular flexibility index (Phi) is 5.08. The lowest BCUT2D eigenvalue weighted by Gasteiger charge is -2.37. The Morgan fingerprint density at radius 1 is 1.17 bits per heavy atom. The van der Waals surface area contributed by atoms with Crippen LogP contribution in [0.2, 0.25) is 0 Å². The highest BCUT2D eigenvalue weighted by Crippen LogP contribution is 2.33. The molecule has 1 unspecified atom stereocenters. The number of carbonyl (C=O) groups excluding carboxylic acids is 1. The van der Waals surface area contributed by atoms with Crippen LogP contribution in [0.5, 0.6) is 17.2 Å². The molecule has 1 fully saturated rings. The van der Waals surface area contributed by atoms with Crippen molar-refractivity contribution >= 4 is 32.6 Å². The fraction of sp³-hybridized carbons (Fsp3) is 0.364. The first-order valence-corrected chi connectivity index (χ1v) is 11.0. The number of nitrogens with zero attached hydrogens (tertiary/aromatic N) is 3. The molecular formula is C22H23N3O4S. The average molecular weight is 426 g/mol. The van der Waals surface area contributed by atoms with E-state index in [1.54, 1.807) is 11.3 Å². The van der Waals surface area contributed by atoms with Gasteiger partial charge in [0.1, 0.15) is 12.4 Å². The van der Waals surface area contributed by atoms with Gasteiger partial charge < -0.3 is 24.0 Å². The van der Waals surface area contributed by atoms with Gasteiger partial charge in [-0.1, -0.05) is 23.5 Å². The van der Waals surface area contributed by atoms with Crippen LogP contribution in [0, 0.1) is 0 Å². The van der Waals surface area contributed by atoms with Crippen molar-refractivity contribution in [2.45, 2.75) is 13.0 Å². The summed E-state index contributed by atoms with van der Waals surface area (Å²) in [4.78, 5) is 21.8. The second-order valence-corrected chi connectivity index (χ2v) is 8.24. The highest BCUT2D eigenvalue weighted by molar-refractivity contribution is 7.22. The molecule has 1 saturated heterocycles. The Balaban J connectivity index is 1.22. The third-order valence-electron chi connectivity index (χ3n) is 5.31. The number of amides is 1. The van der Waals surface area contributed by atoms with E-state index in [9.17, 15) is 4.79 Å². The Hall–Kier alpha value is -3.00. The van der Waals surface area contributed by atoms with Gasteiger partial charge in [0.05, 0.1) is 16.8 Å². The highest BCUT2D eigenvalue weighted by Gasteiger charge is 2.33. The Labute approximate surface area is 178 Å². The van der Waals surface area contributed by atoms with Crippen LogP contribution in [-0.4, -0.2) is 61.3 Å². The number of rotatable bonds is 4. The molecule has 30 heavy (non-hydrogen) atoms. The van der Waals surface area contributed by atoms with Gasteiger partial charge in [-0.2, -0.15) is 0 Å². The van der Waals surface area contributed by atoms with Crippen LogP contribution in [0.25, 0.3) is 10.2 Å². The molecular weight excluding hydrogens is 402 g/mol. The molecule has 2 aliphatic heterocycles. The molecule has 7 nitrogen and oxygen atoms in total. The molecule has 3 aromatic rings. The minimum atomic E-state index is -0.592. The van der Waals surface area contributed by atoms with Crippen molar-refractivity contribution in [3.05, 3.63) is 42.5 Å². The molecule has 0 aliphatic carbocycles. The van der Waals surface area contributed by atoms with Gasteiger partial charge in [-0.3, -0.25) is 4.79 Å². The van der Waals surface area contributed by atoms with Gasteiger partial charge in [-0.05, 0) is 37.3 Å². The van der Waals surface area contributed by atoms with E-state index >= 15 is 0 Å². The molecule has 2 aliphatic rings. The molecule has 3 heterocycles. The topological polar surface area (TPSA) is 64.1 Å². The summed E-state index contributed by atoms with van der Waals surface area (Å²) in [6.45, 7) is 5.64. The molecule has 0 N–H and O–H groups in total. The number of anilines is 1. The number of hydrogen-bond acceptors (Lipinski definition) is 7. The third-order valence-corrected chi connectivity index (χ3v) is 6.38. The minimum absolute atomic E-state index is 0.0187. The van der Waals surface area contributed by atoms with Crippen LogP contribution in [0.3, 0.4) is 0 Å². The van der Waals surface area contributed by atoms with E-state index in [2.05, 4.69) is 4.90 Å². The first-order valence-electron chi connectivity index (χ1n) is 10.2. The quantitative estimate of drug-likeness (QED) is 0.640. The molecule has 0 bridgehead atoms. The van der Waals surface area contributed by atoms with Gasteiger partial charge in [0, 0.05) is 26.2 Å². The molecule has 0 radical (unpaired) electrons. The Morgan fingerprint density at radius 2 is 1.97 bits per heavy atom. The molecule has 1 amide bonds. The summed E-state index contributed by atoms with van der Waals surface area (Å²) in [6.07, 6.45) is -0.592. The van der Waals surface area contributed by atoms with Gasteiger partial charge in [-0.25, -0.2) is 4.98 Å². The SMILES string of the molecule is CCOc1ccc2nc(N3CCN(C(=O)C4COc5ccccc5O4)CC3)sc2c1. The average Bonchev–Trinajstić information content (AvgIpc) is 3.22. The molecule has 0 spiro atoms. The van der Waals surface area contributed by atoms with E-state index in [0.29, 0.717) is 31.2 Å². The van der Waals surface area contributed by atoms with Crippen LogP contribution in [0.1, 0.15) is 6.92 Å². The van der Waals surface area contributed by atoms with E-state index < -0.39 is 6.10 Å². The van der Waals surface area contributed by atoms with Gasteiger partial charge in [0.15, 0.2) is 16.6 Å². The zero-order valence-electron chi connectivity index (χ0n) is 16.7. The molecule has 0 saturated carbocycles. The summed E-state index contributed by atoms with van der Waals surface area (Å²) in [5, 5.41) is 0.983. The second kappa shape index (κ2) is 8.02. The monoisotopic (exact) mass is 425 g/mol. The van der Waals surface area contributed by atoms with E-state index in [1.807, 2.05) is 54.3 Å². The smallest absolute Gasteiger partial charge is 0.267 e. The summed E-state index contributed by atoms with van der Waals surface area (Å²) in [7, 11) is 0. The van der Waals surface area contributed by atoms with Crippen LogP contribution in [0.4, 0.5) is 5.13 Å². The predicted octanol–water partition coefficient (Wildman–Crippen LogP) is 3.18. The number of carbonyl (C=O) groups is 1. The first kappa shape index (κ1) is 19.0. The van der Waals surface area contributed by atoms with E-state index in [1.165, 1.54) is 0 Å². The summed E-state index contributed by atoms with van der Waals surface area (Å²) >= 11 is 1.66. The number of ether oxygens (including phenoxy) is 3. The lowest BCUT2D eigenvalue weighted by atomic mass is 10.2. The molecule has 2 aromatic carbocycles. The number of para-hydroxylation sites is 2. The lowest BCUT2D eigenvalue weighted by Crippen LogP contribution is -2.54. The number of thiazole rings is 1. The maximum atomic E-state index is 12.9. The Morgan fingerprint density at radius 3 is 2.77 bits per heavy atom. The number of aromatic nitrogens is 1. The molecule has 156 valence electrons. The summed E-state index contributed by atoms with van der Waals surface area (Å²) in [6, 6.07) is 13.4. The van der Waals surface area contributed by atoms with Crippen LogP contribution in [-0.2, 0) is 4.79 Å². The van der Waals surface area contributed by atoms with E-state index in [-0.39, 0.29) is 12.5 Å². The van der Waals surface area contributed by atoms with E-state index in [0.717, 1.165) is 34.2 Å². The van der Waals surface area contributed by atoms with Crippen molar-refractivity contribution in [3.8, 4) is 17.2 Å². The zero-order chi connectivity index (χ0) is 20.5. The number of hydrogen-bond donors (Lipinski definition) is 0. The normalized spacial score (nSPS) is 18.5. The minimum Gasteiger partial charge on any atom is -0.494 e. The predicted molar refractivity (Wildman–Crippen MR) is 116 cm³/mol. The number of piperazine rings is 1. The van der Waals surface area contributed by atoms with Crippen molar-refractivity contribution in [1.82, 2.24) is 9.88 Å². The van der Waals surface area contributed by atoms with Gasteiger partial charge in [0.2, 0.25) is 6.10 Å². The maximum Gasteiger partial charge on any atom is 0.267 e. The standard InChI is InChI=1S/C22H23N3O4S/c1-2-27-15-7-8-16-20(13-15)30-22(23-16)25-11-9-24(10-12-25)21(26)19-14-28-17-5-3-4-6-18(17)29-19/h3-8,13,19H,2,9-12,14H2,1H3. The maximum absolute atomic E-state index is 12.9. The van der Waals surface area contributed by atoms with Crippen molar-refractivity contribution in [3.63, 3.8) is 0 Å². The summed E-state index contributed by atoms with van der Waals surface area (Å²) in [5.41, 5.74) is 0.975. The van der Waals surface area contributed by atoms with Crippen molar-refractivity contribution in [1.29, 1.82) is 0 Å². The lowest BCUT2D eigenvalue weighted by molar-refractivity contribution is -0.141.